The van der Waals surface area contributed by atoms with E-state index in [1.54, 1.807) is 4.90 Å². The molecule has 0 N–H and O–H groups in total. The van der Waals surface area contributed by atoms with Crippen molar-refractivity contribution in [2.45, 2.75) is 44.2 Å². The lowest BCUT2D eigenvalue weighted by Gasteiger charge is -2.25. The summed E-state index contributed by atoms with van der Waals surface area (Å²) in [6.07, 6.45) is 5.24. The molecule has 3 rings (SSSR count). The van der Waals surface area contributed by atoms with Crippen molar-refractivity contribution in [3.05, 3.63) is 0 Å². The summed E-state index contributed by atoms with van der Waals surface area (Å²) >= 11 is 0. The zero-order chi connectivity index (χ0) is 11.8. The van der Waals surface area contributed by atoms with Gasteiger partial charge in [0.2, 0.25) is 0 Å². The molecule has 1 saturated carbocycles. The lowest BCUT2D eigenvalue weighted by atomic mass is 10.2. The van der Waals surface area contributed by atoms with Crippen LogP contribution in [-0.4, -0.2) is 53.6 Å². The highest BCUT2D eigenvalue weighted by atomic mass is 16.5. The van der Waals surface area contributed by atoms with Gasteiger partial charge in [0.15, 0.2) is 0 Å². The molecule has 17 heavy (non-hydrogen) atoms. The number of rotatable bonds is 2. The van der Waals surface area contributed by atoms with E-state index in [0.29, 0.717) is 19.3 Å². The van der Waals surface area contributed by atoms with Crippen LogP contribution in [0, 0.1) is 0 Å². The van der Waals surface area contributed by atoms with E-state index in [0.717, 1.165) is 19.3 Å². The van der Waals surface area contributed by atoms with E-state index in [2.05, 4.69) is 0 Å². The van der Waals surface area contributed by atoms with Crippen molar-refractivity contribution in [3.8, 4) is 0 Å². The lowest BCUT2D eigenvalue weighted by molar-refractivity contribution is -0.127. The van der Waals surface area contributed by atoms with Crippen molar-refractivity contribution >= 4 is 11.9 Å². The fraction of sp³-hybridized carbons (Fsp3) is 0.833. The number of carbonyl (C=O) groups excluding carboxylic acids is 2. The molecule has 0 radical (unpaired) electrons. The van der Waals surface area contributed by atoms with Crippen LogP contribution in [0.3, 0.4) is 0 Å². The molecule has 5 nitrogen and oxygen atoms in total. The van der Waals surface area contributed by atoms with Crippen LogP contribution in [-0.2, 0) is 9.53 Å². The molecule has 0 aromatic carbocycles. The van der Waals surface area contributed by atoms with Crippen molar-refractivity contribution in [2.75, 3.05) is 19.8 Å². The van der Waals surface area contributed by atoms with Crippen LogP contribution in [0.25, 0.3) is 0 Å². The zero-order valence-corrected chi connectivity index (χ0v) is 9.93. The Morgan fingerprint density at radius 1 is 1.06 bits per heavy atom. The van der Waals surface area contributed by atoms with Gasteiger partial charge in [-0.15, -0.1) is 0 Å². The topological polar surface area (TPSA) is 49.9 Å². The fourth-order valence-electron chi connectivity index (χ4n) is 3.12. The van der Waals surface area contributed by atoms with Crippen molar-refractivity contribution in [2.24, 2.45) is 0 Å². The summed E-state index contributed by atoms with van der Waals surface area (Å²) < 4.78 is 5.26. The molecule has 1 unspecified atom stereocenters. The largest absolute Gasteiger partial charge is 0.379 e. The number of hydrogen-bond donors (Lipinski definition) is 0. The molecular weight excluding hydrogens is 220 g/mol. The van der Waals surface area contributed by atoms with Crippen LogP contribution >= 0.6 is 0 Å². The fourth-order valence-corrected chi connectivity index (χ4v) is 3.12. The maximum absolute atomic E-state index is 12.3. The van der Waals surface area contributed by atoms with E-state index in [1.165, 1.54) is 17.7 Å². The highest BCUT2D eigenvalue weighted by molar-refractivity contribution is 6.02. The Morgan fingerprint density at radius 2 is 1.82 bits per heavy atom. The summed E-state index contributed by atoms with van der Waals surface area (Å²) in [5.74, 6) is -0.0441. The molecule has 2 aliphatic heterocycles. The molecule has 1 atom stereocenters. The molecule has 3 aliphatic rings. The summed E-state index contributed by atoms with van der Waals surface area (Å²) in [7, 11) is 0. The highest BCUT2D eigenvalue weighted by Gasteiger charge is 2.44. The zero-order valence-electron chi connectivity index (χ0n) is 9.93. The van der Waals surface area contributed by atoms with Gasteiger partial charge in [-0.25, -0.2) is 4.79 Å². The van der Waals surface area contributed by atoms with E-state index in [9.17, 15) is 9.59 Å². The third-order valence-electron chi connectivity index (χ3n) is 4.06. The van der Waals surface area contributed by atoms with Gasteiger partial charge >= 0.3 is 6.03 Å². The Labute approximate surface area is 101 Å². The Balaban J connectivity index is 1.73. The van der Waals surface area contributed by atoms with E-state index in [4.69, 9.17) is 4.74 Å². The quantitative estimate of drug-likeness (QED) is 0.674. The number of urea groups is 1. The van der Waals surface area contributed by atoms with E-state index in [-0.39, 0.29) is 24.5 Å². The van der Waals surface area contributed by atoms with E-state index in [1.807, 2.05) is 0 Å². The minimum Gasteiger partial charge on any atom is -0.379 e. The van der Waals surface area contributed by atoms with Crippen LogP contribution in [0.5, 0.6) is 0 Å². The second-order valence-electron chi connectivity index (χ2n) is 5.13. The predicted molar refractivity (Wildman–Crippen MR) is 60.4 cm³/mol. The van der Waals surface area contributed by atoms with Gasteiger partial charge < -0.3 is 9.64 Å². The van der Waals surface area contributed by atoms with Crippen molar-refractivity contribution < 1.29 is 14.3 Å². The second-order valence-corrected chi connectivity index (χ2v) is 5.13. The first-order chi connectivity index (χ1) is 8.27. The molecule has 3 amide bonds. The summed E-state index contributed by atoms with van der Waals surface area (Å²) in [5, 5.41) is 0. The highest BCUT2D eigenvalue weighted by Crippen LogP contribution is 2.28. The number of amides is 3. The summed E-state index contributed by atoms with van der Waals surface area (Å²) in [6.45, 7) is 1.45. The van der Waals surface area contributed by atoms with Gasteiger partial charge in [0, 0.05) is 12.6 Å². The Bertz CT molecular complexity index is 333. The van der Waals surface area contributed by atoms with Crippen LogP contribution in [0.15, 0.2) is 0 Å². The number of ether oxygens (including phenoxy) is 1. The normalized spacial score (nSPS) is 30.9. The molecule has 0 bridgehead atoms. The molecule has 0 spiro atoms. The maximum atomic E-state index is 12.3. The first-order valence-corrected chi connectivity index (χ1v) is 6.48. The standard InChI is InChI=1S/C12H18N2O3/c15-11-7-13(9-3-1-2-4-9)12(16)14(11)10-5-6-17-8-10/h9-10H,1-8H2. The molecule has 2 heterocycles. The van der Waals surface area contributed by atoms with Crippen molar-refractivity contribution in [1.29, 1.82) is 0 Å². The smallest absolute Gasteiger partial charge is 0.327 e. The average Bonchev–Trinajstić information content (AvgIpc) is 2.99. The SMILES string of the molecule is O=C1CN(C2CCCC2)C(=O)N1C1CCOC1. The number of carbonyl (C=O) groups is 2. The van der Waals surface area contributed by atoms with E-state index >= 15 is 0 Å². The first-order valence-electron chi connectivity index (χ1n) is 6.48. The minimum absolute atomic E-state index is 0.0265. The predicted octanol–water partition coefficient (Wildman–Crippen LogP) is 0.982. The van der Waals surface area contributed by atoms with Crippen molar-refractivity contribution in [1.82, 2.24) is 9.80 Å². The minimum atomic E-state index is -0.0857. The van der Waals surface area contributed by atoms with Crippen molar-refractivity contribution in [3.63, 3.8) is 0 Å². The number of nitrogens with zero attached hydrogens (tertiary/aromatic N) is 2. The molecule has 0 aromatic heterocycles. The van der Waals surface area contributed by atoms with Gasteiger partial charge in [-0.3, -0.25) is 9.69 Å². The molecule has 5 heteroatoms. The van der Waals surface area contributed by atoms with E-state index < -0.39 is 0 Å². The monoisotopic (exact) mass is 238 g/mol. The molecule has 2 saturated heterocycles. The summed E-state index contributed by atoms with van der Waals surface area (Å²) in [4.78, 5) is 27.4. The Kier molecular flexibility index (Phi) is 2.78. The first kappa shape index (κ1) is 11.0. The van der Waals surface area contributed by atoms with Gasteiger partial charge in [-0.2, -0.15) is 0 Å². The van der Waals surface area contributed by atoms with Gasteiger partial charge in [0.1, 0.15) is 6.54 Å². The van der Waals surface area contributed by atoms with Gasteiger partial charge in [-0.05, 0) is 19.3 Å². The van der Waals surface area contributed by atoms with Gasteiger partial charge in [-0.1, -0.05) is 12.8 Å². The molecule has 0 aromatic rings. The number of hydrogen-bond acceptors (Lipinski definition) is 3. The van der Waals surface area contributed by atoms with Gasteiger partial charge in [0.25, 0.3) is 5.91 Å². The number of imide groups is 1. The molecule has 1 aliphatic carbocycles. The van der Waals surface area contributed by atoms with Crippen LogP contribution in [0.1, 0.15) is 32.1 Å². The van der Waals surface area contributed by atoms with Crippen LogP contribution in [0.2, 0.25) is 0 Å². The van der Waals surface area contributed by atoms with Gasteiger partial charge in [0.05, 0.1) is 12.6 Å². The second kappa shape index (κ2) is 4.29. The lowest BCUT2D eigenvalue weighted by Crippen LogP contribution is -2.43. The third-order valence-corrected chi connectivity index (χ3v) is 4.06. The summed E-state index contributed by atoms with van der Waals surface area (Å²) in [6, 6.07) is 0.178. The van der Waals surface area contributed by atoms with Crippen LogP contribution in [0.4, 0.5) is 4.79 Å². The average molecular weight is 238 g/mol. The third kappa shape index (κ3) is 1.82. The molecular formula is C12H18N2O3. The molecule has 94 valence electrons. The van der Waals surface area contributed by atoms with Crippen LogP contribution < -0.4 is 0 Å². The Morgan fingerprint density at radius 3 is 2.47 bits per heavy atom. The maximum Gasteiger partial charge on any atom is 0.327 e. The summed E-state index contributed by atoms with van der Waals surface area (Å²) in [5.41, 5.74) is 0. The molecule has 3 fully saturated rings. The Hall–Kier alpha value is -1.10.